The Hall–Kier alpha value is -2.13. The van der Waals surface area contributed by atoms with Crippen LogP contribution in [-0.4, -0.2) is 11.1 Å². The van der Waals surface area contributed by atoms with E-state index in [1.807, 2.05) is 42.5 Å². The summed E-state index contributed by atoms with van der Waals surface area (Å²) in [5.41, 5.74) is 4.83. The van der Waals surface area contributed by atoms with Gasteiger partial charge in [-0.3, -0.25) is 10.0 Å². The van der Waals surface area contributed by atoms with Crippen LogP contribution in [0.15, 0.2) is 54.6 Å². The van der Waals surface area contributed by atoms with Gasteiger partial charge in [0.15, 0.2) is 0 Å². The van der Waals surface area contributed by atoms with Crippen LogP contribution < -0.4 is 5.48 Å². The fourth-order valence-corrected chi connectivity index (χ4v) is 2.89. The van der Waals surface area contributed by atoms with Crippen molar-refractivity contribution < 1.29 is 10.0 Å². The molecule has 0 saturated heterocycles. The SMILES string of the molecule is CCCCCCc1cccc(C(C(=O)NO)c2ccccc2)c1. The second kappa shape index (κ2) is 9.11. The van der Waals surface area contributed by atoms with Gasteiger partial charge in [-0.15, -0.1) is 0 Å². The van der Waals surface area contributed by atoms with E-state index in [-0.39, 0.29) is 0 Å². The second-order valence-corrected chi connectivity index (χ2v) is 5.88. The third kappa shape index (κ3) is 4.93. The molecule has 3 nitrogen and oxygen atoms in total. The van der Waals surface area contributed by atoms with Crippen LogP contribution in [0.25, 0.3) is 0 Å². The highest BCUT2D eigenvalue weighted by atomic mass is 16.5. The predicted octanol–water partition coefficient (Wildman–Crippen LogP) is 4.45. The Balaban J connectivity index is 2.20. The van der Waals surface area contributed by atoms with E-state index in [4.69, 9.17) is 5.21 Å². The number of benzene rings is 2. The van der Waals surface area contributed by atoms with E-state index < -0.39 is 11.8 Å². The Kier molecular flexibility index (Phi) is 6.82. The van der Waals surface area contributed by atoms with E-state index in [0.29, 0.717) is 0 Å². The summed E-state index contributed by atoms with van der Waals surface area (Å²) in [7, 11) is 0. The van der Waals surface area contributed by atoms with Crippen molar-refractivity contribution in [2.75, 3.05) is 0 Å². The average Bonchev–Trinajstić information content (AvgIpc) is 2.60. The van der Waals surface area contributed by atoms with Crippen molar-refractivity contribution >= 4 is 5.91 Å². The first kappa shape index (κ1) is 17.2. The highest BCUT2D eigenvalue weighted by Crippen LogP contribution is 2.26. The van der Waals surface area contributed by atoms with Crippen LogP contribution in [-0.2, 0) is 11.2 Å². The van der Waals surface area contributed by atoms with Gasteiger partial charge >= 0.3 is 0 Å². The highest BCUT2D eigenvalue weighted by molar-refractivity contribution is 5.86. The molecule has 1 unspecified atom stereocenters. The van der Waals surface area contributed by atoms with Crippen LogP contribution in [0, 0.1) is 0 Å². The number of hydrogen-bond donors (Lipinski definition) is 2. The molecule has 2 aromatic carbocycles. The highest BCUT2D eigenvalue weighted by Gasteiger charge is 2.22. The second-order valence-electron chi connectivity index (χ2n) is 5.88. The lowest BCUT2D eigenvalue weighted by Gasteiger charge is -2.17. The molecule has 0 bridgehead atoms. The van der Waals surface area contributed by atoms with Gasteiger partial charge in [0, 0.05) is 0 Å². The molecule has 1 atom stereocenters. The van der Waals surface area contributed by atoms with Gasteiger partial charge in [0.2, 0.25) is 0 Å². The number of carbonyl (C=O) groups is 1. The van der Waals surface area contributed by atoms with Crippen molar-refractivity contribution in [1.82, 2.24) is 5.48 Å². The number of carbonyl (C=O) groups excluding carboxylic acids is 1. The molecule has 0 spiro atoms. The third-order valence-electron chi connectivity index (χ3n) is 4.11. The summed E-state index contributed by atoms with van der Waals surface area (Å²) < 4.78 is 0. The number of aryl methyl sites for hydroxylation is 1. The fourth-order valence-electron chi connectivity index (χ4n) is 2.89. The maximum absolute atomic E-state index is 12.2. The Bertz CT molecular complexity index is 610. The van der Waals surface area contributed by atoms with E-state index in [1.54, 1.807) is 5.48 Å². The molecular formula is C20H25NO2. The minimum atomic E-state index is -0.489. The number of amides is 1. The minimum Gasteiger partial charge on any atom is -0.289 e. The largest absolute Gasteiger partial charge is 0.289 e. The fraction of sp³-hybridized carbons (Fsp3) is 0.350. The maximum Gasteiger partial charge on any atom is 0.255 e. The summed E-state index contributed by atoms with van der Waals surface area (Å²) in [5, 5.41) is 9.10. The molecule has 122 valence electrons. The Morgan fingerprint density at radius 1 is 1.00 bits per heavy atom. The summed E-state index contributed by atoms with van der Waals surface area (Å²) in [6, 6.07) is 17.7. The van der Waals surface area contributed by atoms with E-state index in [2.05, 4.69) is 19.1 Å². The normalized spacial score (nSPS) is 11.9. The first-order chi connectivity index (χ1) is 11.3. The molecule has 0 aliphatic heterocycles. The van der Waals surface area contributed by atoms with Crippen LogP contribution in [0.2, 0.25) is 0 Å². The van der Waals surface area contributed by atoms with Crippen molar-refractivity contribution in [3.8, 4) is 0 Å². The van der Waals surface area contributed by atoms with Crippen molar-refractivity contribution in [2.45, 2.75) is 44.9 Å². The van der Waals surface area contributed by atoms with Gasteiger partial charge in [0.05, 0.1) is 5.92 Å². The summed E-state index contributed by atoms with van der Waals surface area (Å²) >= 11 is 0. The molecule has 1 amide bonds. The van der Waals surface area contributed by atoms with E-state index in [9.17, 15) is 4.79 Å². The Morgan fingerprint density at radius 2 is 1.74 bits per heavy atom. The Morgan fingerprint density at radius 3 is 2.43 bits per heavy atom. The van der Waals surface area contributed by atoms with Crippen LogP contribution >= 0.6 is 0 Å². The minimum absolute atomic E-state index is 0.403. The smallest absolute Gasteiger partial charge is 0.255 e. The van der Waals surface area contributed by atoms with Gasteiger partial charge in [-0.1, -0.05) is 80.8 Å². The van der Waals surface area contributed by atoms with E-state index in [1.165, 1.54) is 31.2 Å². The monoisotopic (exact) mass is 311 g/mol. The first-order valence-electron chi connectivity index (χ1n) is 8.34. The molecule has 0 aromatic heterocycles. The van der Waals surface area contributed by atoms with Gasteiger partial charge in [0.1, 0.15) is 0 Å². The molecule has 2 aromatic rings. The topological polar surface area (TPSA) is 49.3 Å². The summed E-state index contributed by atoms with van der Waals surface area (Å²) in [6.45, 7) is 2.21. The number of hydrogen-bond acceptors (Lipinski definition) is 2. The van der Waals surface area contributed by atoms with Gasteiger partial charge in [-0.05, 0) is 29.5 Å². The lowest BCUT2D eigenvalue weighted by atomic mass is 9.89. The molecule has 0 fully saturated rings. The van der Waals surface area contributed by atoms with Crippen molar-refractivity contribution in [2.24, 2.45) is 0 Å². The molecule has 0 aliphatic rings. The van der Waals surface area contributed by atoms with Crippen LogP contribution in [0.4, 0.5) is 0 Å². The standard InChI is InChI=1S/C20H25NO2/c1-2-3-4-6-10-16-11-9-14-18(15-16)19(20(22)21-23)17-12-7-5-8-13-17/h5,7-9,11-15,19,23H,2-4,6,10H2,1H3,(H,21,22). The summed E-state index contributed by atoms with van der Waals surface area (Å²) in [6.07, 6.45) is 5.92. The zero-order valence-electron chi connectivity index (χ0n) is 13.7. The quantitative estimate of drug-likeness (QED) is 0.430. The lowest BCUT2D eigenvalue weighted by molar-refractivity contribution is -0.129. The van der Waals surface area contributed by atoms with Gasteiger partial charge in [-0.2, -0.15) is 0 Å². The van der Waals surface area contributed by atoms with Gasteiger partial charge in [-0.25, -0.2) is 5.48 Å². The number of rotatable bonds is 8. The molecule has 3 heteroatoms. The molecule has 2 rings (SSSR count). The zero-order valence-corrected chi connectivity index (χ0v) is 13.7. The number of nitrogens with one attached hydrogen (secondary N) is 1. The summed E-state index contributed by atoms with van der Waals surface area (Å²) in [5.74, 6) is -0.892. The van der Waals surface area contributed by atoms with Crippen LogP contribution in [0.5, 0.6) is 0 Å². The Labute approximate surface area is 138 Å². The first-order valence-corrected chi connectivity index (χ1v) is 8.34. The van der Waals surface area contributed by atoms with E-state index >= 15 is 0 Å². The van der Waals surface area contributed by atoms with Crippen molar-refractivity contribution in [3.05, 3.63) is 71.3 Å². The maximum atomic E-state index is 12.2. The zero-order chi connectivity index (χ0) is 16.5. The number of unbranched alkanes of at least 4 members (excludes halogenated alkanes) is 3. The summed E-state index contributed by atoms with van der Waals surface area (Å²) in [4.78, 5) is 12.2. The molecule has 23 heavy (non-hydrogen) atoms. The average molecular weight is 311 g/mol. The lowest BCUT2D eigenvalue weighted by Crippen LogP contribution is -2.27. The molecule has 0 aliphatic carbocycles. The van der Waals surface area contributed by atoms with Crippen LogP contribution in [0.1, 0.15) is 55.2 Å². The van der Waals surface area contributed by atoms with E-state index in [0.717, 1.165) is 17.5 Å². The van der Waals surface area contributed by atoms with Crippen molar-refractivity contribution in [3.63, 3.8) is 0 Å². The third-order valence-corrected chi connectivity index (χ3v) is 4.11. The van der Waals surface area contributed by atoms with Crippen molar-refractivity contribution in [1.29, 1.82) is 0 Å². The molecule has 0 radical (unpaired) electrons. The molecule has 2 N–H and O–H groups in total. The van der Waals surface area contributed by atoms with Crippen LogP contribution in [0.3, 0.4) is 0 Å². The molecular weight excluding hydrogens is 286 g/mol. The van der Waals surface area contributed by atoms with Gasteiger partial charge < -0.3 is 0 Å². The predicted molar refractivity (Wildman–Crippen MR) is 92.5 cm³/mol. The molecule has 0 heterocycles. The number of hydroxylamine groups is 1. The van der Waals surface area contributed by atoms with Gasteiger partial charge in [0.25, 0.3) is 5.91 Å². The molecule has 0 saturated carbocycles.